The van der Waals surface area contributed by atoms with Gasteiger partial charge in [-0.05, 0) is 12.5 Å². The predicted octanol–water partition coefficient (Wildman–Crippen LogP) is 2.17. The molecule has 0 spiro atoms. The summed E-state index contributed by atoms with van der Waals surface area (Å²) >= 11 is 0. The first kappa shape index (κ1) is 11.2. The number of nitrogens with zero attached hydrogens (tertiary/aromatic N) is 2. The monoisotopic (exact) mass is 172 g/mol. The van der Waals surface area contributed by atoms with Crippen LogP contribution in [-0.2, 0) is 0 Å². The number of rotatable bonds is 4. The summed E-state index contributed by atoms with van der Waals surface area (Å²) in [6, 6.07) is 0. The molecule has 3 heteroatoms. The van der Waals surface area contributed by atoms with Gasteiger partial charge < -0.3 is 5.01 Å². The molecule has 0 radical (unpaired) electrons. The minimum atomic E-state index is -0.256. The van der Waals surface area contributed by atoms with Gasteiger partial charge in [-0.3, -0.25) is 0 Å². The second-order valence-corrected chi connectivity index (χ2v) is 2.72. The Kier molecular flexibility index (Phi) is 4.59. The third-order valence-corrected chi connectivity index (χ3v) is 1.78. The Morgan fingerprint density at radius 1 is 1.42 bits per heavy atom. The van der Waals surface area contributed by atoms with Gasteiger partial charge in [0.15, 0.2) is 0 Å². The Morgan fingerprint density at radius 3 is 2.17 bits per heavy atom. The van der Waals surface area contributed by atoms with Gasteiger partial charge in [-0.1, -0.05) is 13.5 Å². The normalized spacial score (nSPS) is 12.8. The first-order chi connectivity index (χ1) is 5.54. The van der Waals surface area contributed by atoms with Crippen molar-refractivity contribution in [3.8, 4) is 0 Å². The van der Waals surface area contributed by atoms with E-state index in [9.17, 15) is 4.39 Å². The number of hydrazine groups is 1. The molecule has 0 rings (SSSR count). The molecule has 0 N–H and O–H groups in total. The topological polar surface area (TPSA) is 6.48 Å². The van der Waals surface area contributed by atoms with Gasteiger partial charge >= 0.3 is 0 Å². The van der Waals surface area contributed by atoms with Crippen molar-refractivity contribution in [3.63, 3.8) is 0 Å². The zero-order valence-electron chi connectivity index (χ0n) is 8.26. The van der Waals surface area contributed by atoms with Crippen LogP contribution in [0, 0.1) is 0 Å². The smallest absolute Gasteiger partial charge is 0.143 e. The van der Waals surface area contributed by atoms with Crippen LogP contribution in [0.5, 0.6) is 0 Å². The molecule has 0 aromatic carbocycles. The lowest BCUT2D eigenvalue weighted by molar-refractivity contribution is 0.0908. The summed E-state index contributed by atoms with van der Waals surface area (Å²) in [5, 5.41) is 3.58. The van der Waals surface area contributed by atoms with Crippen molar-refractivity contribution >= 4 is 0 Å². The van der Waals surface area contributed by atoms with E-state index < -0.39 is 0 Å². The summed E-state index contributed by atoms with van der Waals surface area (Å²) in [5.74, 6) is -0.256. The van der Waals surface area contributed by atoms with Gasteiger partial charge in [-0.2, -0.15) is 0 Å². The Hall–Kier alpha value is -0.830. The molecule has 2 nitrogen and oxygen atoms in total. The van der Waals surface area contributed by atoms with E-state index in [2.05, 4.69) is 6.58 Å². The van der Waals surface area contributed by atoms with Crippen LogP contribution < -0.4 is 0 Å². The largest absolute Gasteiger partial charge is 0.311 e. The second kappa shape index (κ2) is 4.93. The lowest BCUT2D eigenvalue weighted by atomic mass is 10.3. The number of allylic oxidation sites excluding steroid dienone is 3. The fourth-order valence-corrected chi connectivity index (χ4v) is 0.912. The Labute approximate surface area is 73.9 Å². The molecule has 70 valence electrons. The average molecular weight is 172 g/mol. The Morgan fingerprint density at radius 2 is 1.92 bits per heavy atom. The van der Waals surface area contributed by atoms with Gasteiger partial charge in [0.2, 0.25) is 0 Å². The van der Waals surface area contributed by atoms with E-state index in [0.29, 0.717) is 12.1 Å². The molecule has 0 aliphatic carbocycles. The quantitative estimate of drug-likeness (QED) is 0.473. The van der Waals surface area contributed by atoms with Crippen LogP contribution in [0.15, 0.2) is 24.2 Å². The summed E-state index contributed by atoms with van der Waals surface area (Å²) in [5.41, 5.74) is 0.648. The van der Waals surface area contributed by atoms with E-state index in [4.69, 9.17) is 0 Å². The standard InChI is InChI=1S/C9H17FN2/c1-6-8(10)9(7-2)12(5)11(3)4/h6H,1,7H2,2-5H3/b9-8-. The molecule has 0 fully saturated rings. The van der Waals surface area contributed by atoms with Gasteiger partial charge in [-0.25, -0.2) is 9.40 Å². The third-order valence-electron chi connectivity index (χ3n) is 1.78. The van der Waals surface area contributed by atoms with Crippen LogP contribution in [0.3, 0.4) is 0 Å². The molecule has 0 aliphatic heterocycles. The Balaban J connectivity index is 4.66. The summed E-state index contributed by atoms with van der Waals surface area (Å²) in [6.07, 6.45) is 1.89. The summed E-state index contributed by atoms with van der Waals surface area (Å²) in [7, 11) is 5.56. The van der Waals surface area contributed by atoms with Gasteiger partial charge in [0, 0.05) is 21.1 Å². The van der Waals surface area contributed by atoms with Crippen LogP contribution in [-0.4, -0.2) is 31.2 Å². The van der Waals surface area contributed by atoms with Crippen LogP contribution in [0.4, 0.5) is 4.39 Å². The van der Waals surface area contributed by atoms with E-state index in [1.54, 1.807) is 5.01 Å². The lowest BCUT2D eigenvalue weighted by Gasteiger charge is -2.28. The molecule has 0 atom stereocenters. The molecular weight excluding hydrogens is 155 g/mol. The van der Waals surface area contributed by atoms with Crippen molar-refractivity contribution in [2.75, 3.05) is 21.1 Å². The van der Waals surface area contributed by atoms with Crippen molar-refractivity contribution in [2.45, 2.75) is 13.3 Å². The molecular formula is C9H17FN2. The number of halogens is 1. The highest BCUT2D eigenvalue weighted by Gasteiger charge is 2.08. The van der Waals surface area contributed by atoms with Crippen LogP contribution >= 0.6 is 0 Å². The summed E-state index contributed by atoms with van der Waals surface area (Å²) in [6.45, 7) is 5.31. The maximum Gasteiger partial charge on any atom is 0.143 e. The molecule has 0 amide bonds. The maximum atomic E-state index is 13.1. The lowest BCUT2D eigenvalue weighted by Crippen LogP contribution is -2.32. The predicted molar refractivity (Wildman–Crippen MR) is 50.1 cm³/mol. The maximum absolute atomic E-state index is 13.1. The Bertz CT molecular complexity index is 185. The van der Waals surface area contributed by atoms with Crippen LogP contribution in [0.1, 0.15) is 13.3 Å². The van der Waals surface area contributed by atoms with Gasteiger partial charge in [-0.15, -0.1) is 0 Å². The van der Waals surface area contributed by atoms with Gasteiger partial charge in [0.1, 0.15) is 5.83 Å². The zero-order chi connectivity index (χ0) is 9.72. The SMILES string of the molecule is C=C/C(F)=C(\CC)N(C)N(C)C. The van der Waals surface area contributed by atoms with Crippen LogP contribution in [0.2, 0.25) is 0 Å². The number of hydrogen-bond acceptors (Lipinski definition) is 2. The molecule has 0 saturated carbocycles. The fraction of sp³-hybridized carbons (Fsp3) is 0.556. The van der Waals surface area contributed by atoms with Crippen molar-refractivity contribution in [1.29, 1.82) is 0 Å². The zero-order valence-corrected chi connectivity index (χ0v) is 8.26. The summed E-state index contributed by atoms with van der Waals surface area (Å²) in [4.78, 5) is 0. The highest BCUT2D eigenvalue weighted by atomic mass is 19.1. The van der Waals surface area contributed by atoms with Crippen molar-refractivity contribution < 1.29 is 4.39 Å². The van der Waals surface area contributed by atoms with Crippen molar-refractivity contribution in [2.24, 2.45) is 0 Å². The number of hydrogen-bond donors (Lipinski definition) is 0. The van der Waals surface area contributed by atoms with E-state index >= 15 is 0 Å². The van der Waals surface area contributed by atoms with Gasteiger partial charge in [0.25, 0.3) is 0 Å². The highest BCUT2D eigenvalue weighted by Crippen LogP contribution is 2.15. The van der Waals surface area contributed by atoms with E-state index in [1.807, 2.05) is 33.1 Å². The van der Waals surface area contributed by atoms with Gasteiger partial charge in [0.05, 0.1) is 5.70 Å². The average Bonchev–Trinajstić information content (AvgIpc) is 2.05. The molecule has 0 aromatic heterocycles. The highest BCUT2D eigenvalue weighted by molar-refractivity contribution is 5.15. The minimum Gasteiger partial charge on any atom is -0.311 e. The molecule has 0 saturated heterocycles. The fourth-order valence-electron chi connectivity index (χ4n) is 0.912. The van der Waals surface area contributed by atoms with E-state index in [0.717, 1.165) is 0 Å². The van der Waals surface area contributed by atoms with Crippen molar-refractivity contribution in [1.82, 2.24) is 10.0 Å². The van der Waals surface area contributed by atoms with E-state index in [-0.39, 0.29) is 5.83 Å². The first-order valence-corrected chi connectivity index (χ1v) is 3.96. The summed E-state index contributed by atoms with van der Waals surface area (Å²) < 4.78 is 13.1. The van der Waals surface area contributed by atoms with Crippen molar-refractivity contribution in [3.05, 3.63) is 24.2 Å². The molecule has 12 heavy (non-hydrogen) atoms. The molecule has 0 aromatic rings. The molecule has 0 aliphatic rings. The molecule has 0 bridgehead atoms. The molecule has 0 unspecified atom stereocenters. The second-order valence-electron chi connectivity index (χ2n) is 2.72. The van der Waals surface area contributed by atoms with E-state index in [1.165, 1.54) is 6.08 Å². The van der Waals surface area contributed by atoms with Crippen LogP contribution in [0.25, 0.3) is 0 Å². The third kappa shape index (κ3) is 2.66. The first-order valence-electron chi connectivity index (χ1n) is 3.96. The molecule has 0 heterocycles. The minimum absolute atomic E-state index is 0.256.